The SMILES string of the molecule is COCOc1c(C(C)C)ccc(C)c1Br. The Bertz CT molecular complexity index is 335. The van der Waals surface area contributed by atoms with Crippen LogP contribution in [0.3, 0.4) is 0 Å². The van der Waals surface area contributed by atoms with E-state index in [9.17, 15) is 0 Å². The van der Waals surface area contributed by atoms with Crippen LogP contribution in [0.5, 0.6) is 5.75 Å². The minimum absolute atomic E-state index is 0.280. The van der Waals surface area contributed by atoms with Gasteiger partial charge >= 0.3 is 0 Å². The van der Waals surface area contributed by atoms with Crippen molar-refractivity contribution in [3.63, 3.8) is 0 Å². The predicted octanol–water partition coefficient (Wildman–Crippen LogP) is 3.86. The first-order chi connectivity index (χ1) is 7.07. The highest BCUT2D eigenvalue weighted by molar-refractivity contribution is 9.10. The summed E-state index contributed by atoms with van der Waals surface area (Å²) < 4.78 is 11.5. The average molecular weight is 273 g/mol. The van der Waals surface area contributed by atoms with Gasteiger partial charge in [0, 0.05) is 7.11 Å². The van der Waals surface area contributed by atoms with Crippen molar-refractivity contribution in [2.75, 3.05) is 13.9 Å². The molecule has 15 heavy (non-hydrogen) atoms. The molecule has 0 heterocycles. The molecule has 84 valence electrons. The normalized spacial score (nSPS) is 10.8. The van der Waals surface area contributed by atoms with Crippen molar-refractivity contribution < 1.29 is 9.47 Å². The molecular weight excluding hydrogens is 256 g/mol. The van der Waals surface area contributed by atoms with Gasteiger partial charge in [-0.15, -0.1) is 0 Å². The molecule has 0 radical (unpaired) electrons. The van der Waals surface area contributed by atoms with E-state index in [4.69, 9.17) is 9.47 Å². The molecule has 1 rings (SSSR count). The second-order valence-electron chi connectivity index (χ2n) is 3.82. The second kappa shape index (κ2) is 5.52. The number of rotatable bonds is 4. The summed E-state index contributed by atoms with van der Waals surface area (Å²) in [6, 6.07) is 4.20. The molecule has 0 fully saturated rings. The van der Waals surface area contributed by atoms with Crippen LogP contribution < -0.4 is 4.74 Å². The zero-order chi connectivity index (χ0) is 11.4. The summed E-state index contributed by atoms with van der Waals surface area (Å²) in [7, 11) is 1.62. The lowest BCUT2D eigenvalue weighted by atomic mass is 10.0. The molecule has 1 aromatic rings. The van der Waals surface area contributed by atoms with Gasteiger partial charge in [0.15, 0.2) is 6.79 Å². The van der Waals surface area contributed by atoms with E-state index in [2.05, 4.69) is 41.9 Å². The van der Waals surface area contributed by atoms with Gasteiger partial charge < -0.3 is 9.47 Å². The van der Waals surface area contributed by atoms with Gasteiger partial charge in [-0.1, -0.05) is 26.0 Å². The van der Waals surface area contributed by atoms with Crippen molar-refractivity contribution in [3.8, 4) is 5.75 Å². The first-order valence-corrected chi connectivity index (χ1v) is 5.78. The number of aryl methyl sites for hydroxylation is 1. The molecule has 0 aromatic heterocycles. The Balaban J connectivity index is 3.10. The Hall–Kier alpha value is -0.540. The van der Waals surface area contributed by atoms with Crippen molar-refractivity contribution in [2.24, 2.45) is 0 Å². The summed E-state index contributed by atoms with van der Waals surface area (Å²) in [5, 5.41) is 0. The lowest BCUT2D eigenvalue weighted by Crippen LogP contribution is -2.04. The molecule has 0 saturated heterocycles. The van der Waals surface area contributed by atoms with Gasteiger partial charge in [-0.3, -0.25) is 0 Å². The Kier molecular flexibility index (Phi) is 4.61. The lowest BCUT2D eigenvalue weighted by Gasteiger charge is -2.16. The molecule has 0 N–H and O–H groups in total. The van der Waals surface area contributed by atoms with Gasteiger partial charge in [-0.2, -0.15) is 0 Å². The van der Waals surface area contributed by atoms with Crippen LogP contribution in [0.15, 0.2) is 16.6 Å². The van der Waals surface area contributed by atoms with Gasteiger partial charge in [-0.25, -0.2) is 0 Å². The van der Waals surface area contributed by atoms with E-state index in [1.54, 1.807) is 7.11 Å². The summed E-state index contributed by atoms with van der Waals surface area (Å²) in [6.45, 7) is 6.63. The van der Waals surface area contributed by atoms with E-state index in [-0.39, 0.29) is 6.79 Å². The number of hydrogen-bond acceptors (Lipinski definition) is 2. The number of ether oxygens (including phenoxy) is 2. The van der Waals surface area contributed by atoms with Crippen molar-refractivity contribution in [1.29, 1.82) is 0 Å². The minimum atomic E-state index is 0.280. The Labute approximate surface area is 99.7 Å². The third-order valence-corrected chi connectivity index (χ3v) is 3.25. The van der Waals surface area contributed by atoms with E-state index in [1.807, 2.05) is 6.92 Å². The summed E-state index contributed by atoms with van der Waals surface area (Å²) in [4.78, 5) is 0. The summed E-state index contributed by atoms with van der Waals surface area (Å²) >= 11 is 3.55. The largest absolute Gasteiger partial charge is 0.466 e. The maximum Gasteiger partial charge on any atom is 0.188 e. The summed E-state index contributed by atoms with van der Waals surface area (Å²) in [6.07, 6.45) is 0. The Morgan fingerprint density at radius 1 is 1.33 bits per heavy atom. The molecule has 0 spiro atoms. The van der Waals surface area contributed by atoms with Crippen molar-refractivity contribution in [2.45, 2.75) is 26.7 Å². The minimum Gasteiger partial charge on any atom is -0.466 e. The fourth-order valence-corrected chi connectivity index (χ4v) is 1.86. The number of hydrogen-bond donors (Lipinski definition) is 0. The first kappa shape index (κ1) is 12.5. The Morgan fingerprint density at radius 3 is 2.53 bits per heavy atom. The van der Waals surface area contributed by atoms with Crippen molar-refractivity contribution in [1.82, 2.24) is 0 Å². The molecule has 1 aromatic carbocycles. The van der Waals surface area contributed by atoms with Gasteiger partial charge in [0.25, 0.3) is 0 Å². The van der Waals surface area contributed by atoms with Gasteiger partial charge in [-0.05, 0) is 39.9 Å². The molecule has 0 bridgehead atoms. The smallest absolute Gasteiger partial charge is 0.188 e. The quantitative estimate of drug-likeness (QED) is 0.775. The van der Waals surface area contributed by atoms with E-state index in [1.165, 1.54) is 11.1 Å². The molecule has 3 heteroatoms. The van der Waals surface area contributed by atoms with Crippen molar-refractivity contribution in [3.05, 3.63) is 27.7 Å². The Morgan fingerprint density at radius 2 is 2.00 bits per heavy atom. The maximum absolute atomic E-state index is 5.59. The molecule has 0 aliphatic heterocycles. The molecule has 0 saturated carbocycles. The van der Waals surface area contributed by atoms with Crippen LogP contribution in [0.25, 0.3) is 0 Å². The third-order valence-electron chi connectivity index (χ3n) is 2.26. The van der Waals surface area contributed by atoms with E-state index >= 15 is 0 Å². The summed E-state index contributed by atoms with van der Waals surface area (Å²) in [5.74, 6) is 1.33. The maximum atomic E-state index is 5.59. The van der Waals surface area contributed by atoms with Gasteiger partial charge in [0.2, 0.25) is 0 Å². The van der Waals surface area contributed by atoms with Gasteiger partial charge in [0.05, 0.1) is 4.47 Å². The monoisotopic (exact) mass is 272 g/mol. The third kappa shape index (κ3) is 2.95. The summed E-state index contributed by atoms with van der Waals surface area (Å²) in [5.41, 5.74) is 2.37. The molecule has 0 aliphatic carbocycles. The molecule has 0 unspecified atom stereocenters. The number of benzene rings is 1. The van der Waals surface area contributed by atoms with E-state index in [0.29, 0.717) is 5.92 Å². The van der Waals surface area contributed by atoms with Crippen LogP contribution in [0, 0.1) is 6.92 Å². The topological polar surface area (TPSA) is 18.5 Å². The zero-order valence-corrected chi connectivity index (χ0v) is 11.2. The van der Waals surface area contributed by atoms with Crippen LogP contribution in [0.2, 0.25) is 0 Å². The average Bonchev–Trinajstić information content (AvgIpc) is 2.19. The molecule has 0 aliphatic rings. The van der Waals surface area contributed by atoms with E-state index < -0.39 is 0 Å². The molecule has 0 atom stereocenters. The van der Waals surface area contributed by atoms with Crippen LogP contribution >= 0.6 is 15.9 Å². The number of methoxy groups -OCH3 is 1. The van der Waals surface area contributed by atoms with Crippen molar-refractivity contribution >= 4 is 15.9 Å². The van der Waals surface area contributed by atoms with Gasteiger partial charge in [0.1, 0.15) is 5.75 Å². The fraction of sp³-hybridized carbons (Fsp3) is 0.500. The standard InChI is InChI=1S/C12H17BrO2/c1-8(2)10-6-5-9(3)11(13)12(10)15-7-14-4/h5-6,8H,7H2,1-4H3. The molecule has 0 amide bonds. The second-order valence-corrected chi connectivity index (χ2v) is 4.61. The van der Waals surface area contributed by atoms with E-state index in [0.717, 1.165) is 10.2 Å². The fourth-order valence-electron chi connectivity index (χ4n) is 1.39. The zero-order valence-electron chi connectivity index (χ0n) is 9.63. The number of halogens is 1. The molecule has 2 nitrogen and oxygen atoms in total. The van der Waals surface area contributed by atoms with Crippen LogP contribution in [-0.2, 0) is 4.74 Å². The van der Waals surface area contributed by atoms with Crippen LogP contribution in [0.1, 0.15) is 30.9 Å². The highest BCUT2D eigenvalue weighted by Gasteiger charge is 2.13. The lowest BCUT2D eigenvalue weighted by molar-refractivity contribution is 0.0497. The predicted molar refractivity (Wildman–Crippen MR) is 65.5 cm³/mol. The van der Waals surface area contributed by atoms with Crippen LogP contribution in [-0.4, -0.2) is 13.9 Å². The first-order valence-electron chi connectivity index (χ1n) is 4.98. The molecular formula is C12H17BrO2. The highest BCUT2D eigenvalue weighted by Crippen LogP contribution is 2.36. The highest BCUT2D eigenvalue weighted by atomic mass is 79.9. The van der Waals surface area contributed by atoms with Crippen LogP contribution in [0.4, 0.5) is 0 Å².